The molecule has 1 atom stereocenters. The Hall–Kier alpha value is -1.19. The van der Waals surface area contributed by atoms with E-state index in [4.69, 9.17) is 0 Å². The summed E-state index contributed by atoms with van der Waals surface area (Å²) in [5.41, 5.74) is 0. The highest BCUT2D eigenvalue weighted by Crippen LogP contribution is 2.03. The van der Waals surface area contributed by atoms with Gasteiger partial charge in [0.1, 0.15) is 6.33 Å². The van der Waals surface area contributed by atoms with Gasteiger partial charge in [-0.15, -0.1) is 10.2 Å². The Morgan fingerprint density at radius 3 is 3.50 bits per heavy atom. The SMILES string of the molecule is CC1Cn2cnnc2C=N1. The molecule has 52 valence electrons. The number of hydrogen-bond acceptors (Lipinski definition) is 3. The maximum Gasteiger partial charge on any atom is 0.174 e. The van der Waals surface area contributed by atoms with Crippen LogP contribution in [0.25, 0.3) is 0 Å². The number of nitrogens with zero attached hydrogens (tertiary/aromatic N) is 4. The van der Waals surface area contributed by atoms with Crippen molar-refractivity contribution >= 4 is 6.21 Å². The van der Waals surface area contributed by atoms with Crippen LogP contribution in [0, 0.1) is 0 Å². The lowest BCUT2D eigenvalue weighted by molar-refractivity contribution is 0.574. The third-order valence-electron chi connectivity index (χ3n) is 1.55. The molecule has 0 amide bonds. The molecule has 0 fully saturated rings. The van der Waals surface area contributed by atoms with Gasteiger partial charge in [0.15, 0.2) is 5.82 Å². The van der Waals surface area contributed by atoms with Crippen LogP contribution in [0.5, 0.6) is 0 Å². The van der Waals surface area contributed by atoms with Crippen molar-refractivity contribution in [2.45, 2.75) is 19.5 Å². The molecule has 0 saturated heterocycles. The molecule has 0 N–H and O–H groups in total. The zero-order chi connectivity index (χ0) is 6.97. The van der Waals surface area contributed by atoms with E-state index in [-0.39, 0.29) is 0 Å². The zero-order valence-corrected chi connectivity index (χ0v) is 5.73. The van der Waals surface area contributed by atoms with Crippen molar-refractivity contribution in [1.82, 2.24) is 14.8 Å². The standard InChI is InChI=1S/C6H8N4/c1-5-3-10-4-8-9-6(10)2-7-5/h2,4-5H,3H2,1H3. The predicted molar refractivity (Wildman–Crippen MR) is 37.1 cm³/mol. The van der Waals surface area contributed by atoms with Crippen molar-refractivity contribution in [3.63, 3.8) is 0 Å². The fourth-order valence-corrected chi connectivity index (χ4v) is 1.03. The highest BCUT2D eigenvalue weighted by Gasteiger charge is 2.09. The van der Waals surface area contributed by atoms with Gasteiger partial charge in [-0.1, -0.05) is 0 Å². The lowest BCUT2D eigenvalue weighted by Crippen LogP contribution is -2.17. The van der Waals surface area contributed by atoms with Crippen molar-refractivity contribution in [2.24, 2.45) is 4.99 Å². The second kappa shape index (κ2) is 1.90. The van der Waals surface area contributed by atoms with Gasteiger partial charge in [0.2, 0.25) is 0 Å². The highest BCUT2D eigenvalue weighted by atomic mass is 15.3. The molecule has 4 heteroatoms. The van der Waals surface area contributed by atoms with E-state index in [2.05, 4.69) is 22.1 Å². The summed E-state index contributed by atoms with van der Waals surface area (Å²) in [6.07, 6.45) is 3.50. The second-order valence-corrected chi connectivity index (χ2v) is 2.47. The minimum absolute atomic E-state index is 0.364. The molecular weight excluding hydrogens is 128 g/mol. The lowest BCUT2D eigenvalue weighted by atomic mass is 10.3. The van der Waals surface area contributed by atoms with Crippen LogP contribution in [0.4, 0.5) is 0 Å². The maximum atomic E-state index is 4.20. The normalized spacial score (nSPS) is 22.7. The van der Waals surface area contributed by atoms with E-state index in [1.54, 1.807) is 12.5 Å². The third kappa shape index (κ3) is 0.725. The summed E-state index contributed by atoms with van der Waals surface area (Å²) in [6.45, 7) is 2.97. The fraction of sp³-hybridized carbons (Fsp3) is 0.500. The van der Waals surface area contributed by atoms with Gasteiger partial charge in [0, 0.05) is 6.54 Å². The number of hydrogen-bond donors (Lipinski definition) is 0. The number of fused-ring (bicyclic) bond motifs is 1. The van der Waals surface area contributed by atoms with Crippen molar-refractivity contribution in [3.05, 3.63) is 12.2 Å². The van der Waals surface area contributed by atoms with Crippen LogP contribution >= 0.6 is 0 Å². The van der Waals surface area contributed by atoms with Crippen LogP contribution in [0.2, 0.25) is 0 Å². The first-order valence-electron chi connectivity index (χ1n) is 3.27. The molecule has 0 bridgehead atoms. The molecule has 0 saturated carbocycles. The topological polar surface area (TPSA) is 43.1 Å². The van der Waals surface area contributed by atoms with Gasteiger partial charge in [-0.25, -0.2) is 0 Å². The molecule has 2 rings (SSSR count). The number of aliphatic imine (C=N–C) groups is 1. The first-order valence-corrected chi connectivity index (χ1v) is 3.27. The Kier molecular flexibility index (Phi) is 1.06. The zero-order valence-electron chi connectivity index (χ0n) is 5.73. The van der Waals surface area contributed by atoms with E-state index in [1.807, 2.05) is 4.57 Å². The number of aromatic nitrogens is 3. The van der Waals surface area contributed by atoms with Crippen LogP contribution < -0.4 is 0 Å². The summed E-state index contributed by atoms with van der Waals surface area (Å²) in [7, 11) is 0. The number of rotatable bonds is 0. The van der Waals surface area contributed by atoms with Crippen LogP contribution in [-0.4, -0.2) is 27.0 Å². The van der Waals surface area contributed by atoms with Gasteiger partial charge >= 0.3 is 0 Å². The quantitative estimate of drug-likeness (QED) is 0.507. The van der Waals surface area contributed by atoms with Crippen LogP contribution in [-0.2, 0) is 6.54 Å². The Bertz CT molecular complexity index is 262. The van der Waals surface area contributed by atoms with Crippen LogP contribution in [0.15, 0.2) is 11.3 Å². The highest BCUT2D eigenvalue weighted by molar-refractivity contribution is 5.75. The van der Waals surface area contributed by atoms with E-state index in [0.717, 1.165) is 12.4 Å². The molecule has 1 unspecified atom stereocenters. The molecule has 1 aliphatic rings. The predicted octanol–water partition coefficient (Wildman–Crippen LogP) is 0.0991. The molecule has 2 heterocycles. The first kappa shape index (κ1) is 5.58. The Labute approximate surface area is 58.6 Å². The lowest BCUT2D eigenvalue weighted by Gasteiger charge is -2.11. The van der Waals surface area contributed by atoms with Gasteiger partial charge in [-0.3, -0.25) is 4.99 Å². The summed E-state index contributed by atoms with van der Waals surface area (Å²) in [4.78, 5) is 4.20. The molecule has 0 aliphatic carbocycles. The minimum atomic E-state index is 0.364. The Balaban J connectivity index is 2.43. The molecule has 1 aliphatic heterocycles. The van der Waals surface area contributed by atoms with E-state index in [9.17, 15) is 0 Å². The minimum Gasteiger partial charge on any atom is -0.311 e. The Morgan fingerprint density at radius 1 is 1.70 bits per heavy atom. The summed E-state index contributed by atoms with van der Waals surface area (Å²) in [5, 5.41) is 7.61. The Morgan fingerprint density at radius 2 is 2.60 bits per heavy atom. The molecule has 0 radical (unpaired) electrons. The molecule has 0 aromatic carbocycles. The monoisotopic (exact) mass is 136 g/mol. The maximum absolute atomic E-state index is 4.20. The molecule has 0 spiro atoms. The van der Waals surface area contributed by atoms with Gasteiger partial charge in [-0.2, -0.15) is 0 Å². The van der Waals surface area contributed by atoms with Crippen molar-refractivity contribution in [3.8, 4) is 0 Å². The molecule has 1 aromatic heterocycles. The van der Waals surface area contributed by atoms with E-state index >= 15 is 0 Å². The average molecular weight is 136 g/mol. The molecular formula is C6H8N4. The largest absolute Gasteiger partial charge is 0.311 e. The second-order valence-electron chi connectivity index (χ2n) is 2.47. The molecule has 1 aromatic rings. The summed E-state index contributed by atoms with van der Waals surface area (Å²) in [5.74, 6) is 0.859. The smallest absolute Gasteiger partial charge is 0.174 e. The van der Waals surface area contributed by atoms with E-state index in [1.165, 1.54) is 0 Å². The molecule has 10 heavy (non-hydrogen) atoms. The van der Waals surface area contributed by atoms with Crippen molar-refractivity contribution in [1.29, 1.82) is 0 Å². The summed E-state index contributed by atoms with van der Waals surface area (Å²) >= 11 is 0. The van der Waals surface area contributed by atoms with Gasteiger partial charge in [0.25, 0.3) is 0 Å². The average Bonchev–Trinajstić information content (AvgIpc) is 2.33. The van der Waals surface area contributed by atoms with Crippen molar-refractivity contribution in [2.75, 3.05) is 0 Å². The molecule has 4 nitrogen and oxygen atoms in total. The van der Waals surface area contributed by atoms with Crippen LogP contribution in [0.3, 0.4) is 0 Å². The van der Waals surface area contributed by atoms with E-state index < -0.39 is 0 Å². The first-order chi connectivity index (χ1) is 4.86. The third-order valence-corrected chi connectivity index (χ3v) is 1.55. The summed E-state index contributed by atoms with van der Waals surface area (Å²) in [6, 6.07) is 0.364. The van der Waals surface area contributed by atoms with Gasteiger partial charge in [-0.05, 0) is 6.92 Å². The fourth-order valence-electron chi connectivity index (χ4n) is 1.03. The van der Waals surface area contributed by atoms with Gasteiger partial charge < -0.3 is 4.57 Å². The van der Waals surface area contributed by atoms with E-state index in [0.29, 0.717) is 6.04 Å². The van der Waals surface area contributed by atoms with Crippen molar-refractivity contribution < 1.29 is 0 Å². The summed E-state index contributed by atoms with van der Waals surface area (Å²) < 4.78 is 2.00. The van der Waals surface area contributed by atoms with Crippen LogP contribution in [0.1, 0.15) is 12.7 Å². The van der Waals surface area contributed by atoms with Gasteiger partial charge in [0.05, 0.1) is 12.3 Å².